The van der Waals surface area contributed by atoms with Gasteiger partial charge in [0.1, 0.15) is 17.2 Å². The van der Waals surface area contributed by atoms with Crippen molar-refractivity contribution in [1.82, 2.24) is 4.98 Å². The molecule has 1 heterocycles. The number of aryl methyl sites for hydroxylation is 1. The Hall–Kier alpha value is -2.36. The van der Waals surface area contributed by atoms with Crippen LogP contribution in [0.1, 0.15) is 29.8 Å². The predicted octanol–water partition coefficient (Wildman–Crippen LogP) is 2.20. The zero-order valence-electron chi connectivity index (χ0n) is 19.3. The number of methoxy groups -OCH3 is 1. The van der Waals surface area contributed by atoms with E-state index in [0.29, 0.717) is 28.8 Å². The average molecular weight is 490 g/mol. The van der Waals surface area contributed by atoms with Crippen molar-refractivity contribution in [3.63, 3.8) is 0 Å². The van der Waals surface area contributed by atoms with E-state index in [9.17, 15) is 9.90 Å². The van der Waals surface area contributed by atoms with Crippen LogP contribution in [0.5, 0.6) is 11.5 Å². The van der Waals surface area contributed by atoms with Gasteiger partial charge in [-0.2, -0.15) is 0 Å². The number of hydrogen-bond donors (Lipinski definition) is 0. The van der Waals surface area contributed by atoms with Crippen LogP contribution < -0.4 is 33.4 Å². The maximum absolute atomic E-state index is 10.9. The molecule has 0 atom stereocenters. The van der Waals surface area contributed by atoms with Gasteiger partial charge in [0.25, 0.3) is 0 Å². The standard InChI is InChI=1S/C26H26ClNO4S.Li/c1-31-21-12-9-19(10-13-21)6-4-5-17-32-24-15-11-20(28-23(24)14-16-26(29)30)18-33-25-8-3-2-7-22(25)27;/h2-3,7-16H,4-6,17-18H2,1H3,(H,29,30);/q;+1/p-1. The minimum absolute atomic E-state index is 0. The van der Waals surface area contributed by atoms with Crippen molar-refractivity contribution < 1.29 is 38.2 Å². The van der Waals surface area contributed by atoms with Crippen molar-refractivity contribution in [2.75, 3.05) is 13.7 Å². The van der Waals surface area contributed by atoms with Crippen LogP contribution in [0, 0.1) is 0 Å². The van der Waals surface area contributed by atoms with Crippen LogP contribution in [0.4, 0.5) is 0 Å². The van der Waals surface area contributed by atoms with Gasteiger partial charge in [0.05, 0.1) is 30.4 Å². The molecule has 1 aromatic heterocycles. The summed E-state index contributed by atoms with van der Waals surface area (Å²) in [7, 11) is 1.65. The second kappa shape index (κ2) is 14.8. The number of hydrogen-bond acceptors (Lipinski definition) is 6. The SMILES string of the molecule is COc1ccc(CCCCOc2ccc(CSc3ccccc3Cl)nc2C=CC(=O)[O-])cc1.[Li+]. The van der Waals surface area contributed by atoms with Crippen molar-refractivity contribution in [2.24, 2.45) is 0 Å². The molecule has 0 saturated heterocycles. The Morgan fingerprint density at radius 1 is 1.09 bits per heavy atom. The second-order valence-electron chi connectivity index (χ2n) is 7.21. The van der Waals surface area contributed by atoms with Gasteiger partial charge in [-0.3, -0.25) is 0 Å². The molecule has 5 nitrogen and oxygen atoms in total. The van der Waals surface area contributed by atoms with Gasteiger partial charge in [-0.15, -0.1) is 11.8 Å². The monoisotopic (exact) mass is 489 g/mol. The van der Waals surface area contributed by atoms with Gasteiger partial charge in [-0.1, -0.05) is 35.9 Å². The van der Waals surface area contributed by atoms with Gasteiger partial charge in [0.2, 0.25) is 0 Å². The maximum atomic E-state index is 10.9. The Morgan fingerprint density at radius 2 is 1.85 bits per heavy atom. The van der Waals surface area contributed by atoms with Crippen LogP contribution >= 0.6 is 23.4 Å². The van der Waals surface area contributed by atoms with E-state index in [2.05, 4.69) is 17.1 Å². The molecule has 34 heavy (non-hydrogen) atoms. The van der Waals surface area contributed by atoms with Gasteiger partial charge in [-0.05, 0) is 73.4 Å². The van der Waals surface area contributed by atoms with Crippen molar-refractivity contribution >= 4 is 35.4 Å². The quantitative estimate of drug-likeness (QED) is 0.168. The molecule has 0 bridgehead atoms. The molecule has 2 aromatic carbocycles. The fraction of sp³-hybridized carbons (Fsp3) is 0.231. The first kappa shape index (κ1) is 27.9. The third kappa shape index (κ3) is 9.12. The number of aromatic nitrogens is 1. The summed E-state index contributed by atoms with van der Waals surface area (Å²) in [5, 5.41) is 11.6. The van der Waals surface area contributed by atoms with Crippen LogP contribution in [0.25, 0.3) is 6.08 Å². The summed E-state index contributed by atoms with van der Waals surface area (Å²) in [5.74, 6) is 0.708. The number of ether oxygens (including phenoxy) is 2. The van der Waals surface area contributed by atoms with E-state index in [4.69, 9.17) is 21.1 Å². The molecule has 0 aliphatic rings. The van der Waals surface area contributed by atoms with Gasteiger partial charge < -0.3 is 19.4 Å². The summed E-state index contributed by atoms with van der Waals surface area (Å²) in [6, 6.07) is 19.4. The Bertz CT molecular complexity index is 1090. The minimum atomic E-state index is -1.28. The van der Waals surface area contributed by atoms with Gasteiger partial charge in [0, 0.05) is 10.6 Å². The third-order valence-corrected chi connectivity index (χ3v) is 6.36. The molecule has 0 aliphatic heterocycles. The molecule has 0 aliphatic carbocycles. The number of carboxylic acid groups (broad SMARTS) is 1. The molecule has 0 amide bonds. The first-order chi connectivity index (χ1) is 16.0. The summed E-state index contributed by atoms with van der Waals surface area (Å²) in [5.41, 5.74) is 2.51. The minimum Gasteiger partial charge on any atom is -0.545 e. The molecule has 3 rings (SSSR count). The van der Waals surface area contributed by atoms with Crippen LogP contribution in [0.2, 0.25) is 5.02 Å². The smallest absolute Gasteiger partial charge is 0.545 e. The number of unbranched alkanes of at least 4 members (excludes halogenated alkanes) is 1. The van der Waals surface area contributed by atoms with Crippen molar-refractivity contribution in [3.05, 3.63) is 88.7 Å². The largest absolute Gasteiger partial charge is 1.00 e. The third-order valence-electron chi connectivity index (χ3n) is 4.81. The van der Waals surface area contributed by atoms with Crippen LogP contribution in [-0.2, 0) is 17.0 Å². The molecular weight excluding hydrogens is 465 g/mol. The normalized spacial score (nSPS) is 10.6. The van der Waals surface area contributed by atoms with E-state index in [-0.39, 0.29) is 18.9 Å². The zero-order chi connectivity index (χ0) is 23.5. The number of halogens is 1. The number of thioether (sulfide) groups is 1. The Kier molecular flexibility index (Phi) is 12.1. The van der Waals surface area contributed by atoms with Crippen molar-refractivity contribution in [1.29, 1.82) is 0 Å². The van der Waals surface area contributed by atoms with Crippen LogP contribution in [0.3, 0.4) is 0 Å². The number of pyridine rings is 1. The summed E-state index contributed by atoms with van der Waals surface area (Å²) in [6.07, 6.45) is 5.15. The number of nitrogens with zero attached hydrogens (tertiary/aromatic N) is 1. The molecule has 0 N–H and O–H groups in total. The first-order valence-electron chi connectivity index (χ1n) is 10.6. The predicted molar refractivity (Wildman–Crippen MR) is 131 cm³/mol. The Labute approximate surface area is 221 Å². The van der Waals surface area contributed by atoms with E-state index >= 15 is 0 Å². The van der Waals surface area contributed by atoms with Gasteiger partial charge in [-0.25, -0.2) is 4.98 Å². The van der Waals surface area contributed by atoms with E-state index in [1.807, 2.05) is 48.5 Å². The summed E-state index contributed by atoms with van der Waals surface area (Å²) >= 11 is 7.78. The van der Waals surface area contributed by atoms with Crippen molar-refractivity contribution in [2.45, 2.75) is 29.9 Å². The number of rotatable bonds is 12. The first-order valence-corrected chi connectivity index (χ1v) is 11.9. The molecule has 0 saturated carbocycles. The topological polar surface area (TPSA) is 71.5 Å². The number of aliphatic carboxylic acids is 1. The van der Waals surface area contributed by atoms with E-state index in [0.717, 1.165) is 41.7 Å². The van der Waals surface area contributed by atoms with Gasteiger partial charge in [0.15, 0.2) is 0 Å². The van der Waals surface area contributed by atoms with Crippen LogP contribution in [-0.4, -0.2) is 24.7 Å². The molecule has 3 aromatic rings. The number of carbonyl (C=O) groups is 1. The summed E-state index contributed by atoms with van der Waals surface area (Å²) in [6.45, 7) is 0.512. The molecule has 172 valence electrons. The maximum Gasteiger partial charge on any atom is 1.00 e. The fourth-order valence-electron chi connectivity index (χ4n) is 3.09. The second-order valence-corrected chi connectivity index (χ2v) is 8.64. The number of carbonyl (C=O) groups excluding carboxylic acids is 1. The average Bonchev–Trinajstić information content (AvgIpc) is 2.83. The van der Waals surface area contributed by atoms with Crippen LogP contribution in [0.15, 0.2) is 71.6 Å². The van der Waals surface area contributed by atoms with E-state index < -0.39 is 5.97 Å². The van der Waals surface area contributed by atoms with Gasteiger partial charge >= 0.3 is 18.9 Å². The van der Waals surface area contributed by atoms with E-state index in [1.165, 1.54) is 11.6 Å². The zero-order valence-corrected chi connectivity index (χ0v) is 20.9. The molecule has 0 unspecified atom stereocenters. The Balaban J connectivity index is 0.00000408. The fourth-order valence-corrected chi connectivity index (χ4v) is 4.24. The number of carboxylic acids is 1. The summed E-state index contributed by atoms with van der Waals surface area (Å²) < 4.78 is 11.1. The van der Waals surface area contributed by atoms with E-state index in [1.54, 1.807) is 18.9 Å². The van der Waals surface area contributed by atoms with Crippen molar-refractivity contribution in [3.8, 4) is 11.5 Å². The molecule has 8 heteroatoms. The molecule has 0 fully saturated rings. The molecular formula is C26H25ClLiNO4S. The number of benzene rings is 2. The Morgan fingerprint density at radius 3 is 2.56 bits per heavy atom. The summed E-state index contributed by atoms with van der Waals surface area (Å²) in [4.78, 5) is 16.4. The molecule has 0 radical (unpaired) electrons. The molecule has 0 spiro atoms.